The van der Waals surface area contributed by atoms with Gasteiger partial charge in [0.2, 0.25) is 5.91 Å². The minimum atomic E-state index is -0.800. The number of fused-ring (bicyclic) bond motifs is 2. The van der Waals surface area contributed by atoms with Crippen molar-refractivity contribution in [1.82, 2.24) is 14.9 Å². The van der Waals surface area contributed by atoms with Crippen LogP contribution in [0, 0.1) is 6.92 Å². The van der Waals surface area contributed by atoms with Crippen molar-refractivity contribution >= 4 is 40.8 Å². The summed E-state index contributed by atoms with van der Waals surface area (Å²) < 4.78 is 0. The summed E-state index contributed by atoms with van der Waals surface area (Å²) >= 11 is 6.16. The van der Waals surface area contributed by atoms with Crippen LogP contribution in [0.4, 0.5) is 11.5 Å². The molecule has 1 N–H and O–H groups in total. The highest BCUT2D eigenvalue weighted by Gasteiger charge is 2.36. The second kappa shape index (κ2) is 10.5. The van der Waals surface area contributed by atoms with E-state index in [-0.39, 0.29) is 30.7 Å². The van der Waals surface area contributed by atoms with Crippen molar-refractivity contribution in [2.45, 2.75) is 32.4 Å². The van der Waals surface area contributed by atoms with Crippen LogP contribution in [-0.2, 0) is 24.2 Å². The average Bonchev–Trinajstić information content (AvgIpc) is 3.34. The molecule has 6 rings (SSSR count). The molecule has 2 aliphatic heterocycles. The van der Waals surface area contributed by atoms with Crippen molar-refractivity contribution in [3.8, 4) is 0 Å². The number of benzene rings is 2. The molecule has 4 aromatic rings. The van der Waals surface area contributed by atoms with Gasteiger partial charge in [0.15, 0.2) is 0 Å². The van der Waals surface area contributed by atoms with Crippen LogP contribution in [-0.4, -0.2) is 45.2 Å². The van der Waals surface area contributed by atoms with Gasteiger partial charge in [-0.2, -0.15) is 0 Å². The number of rotatable bonds is 5. The summed E-state index contributed by atoms with van der Waals surface area (Å²) in [5, 5.41) is 3.30. The zero-order valence-electron chi connectivity index (χ0n) is 21.8. The lowest BCUT2D eigenvalue weighted by atomic mass is 10.0. The number of aryl methyl sites for hydroxylation is 1. The van der Waals surface area contributed by atoms with E-state index in [9.17, 15) is 14.4 Å². The maximum absolute atomic E-state index is 13.8. The number of hydrogen-bond donors (Lipinski definition) is 1. The van der Waals surface area contributed by atoms with Crippen molar-refractivity contribution in [3.63, 3.8) is 0 Å². The van der Waals surface area contributed by atoms with E-state index in [0.717, 1.165) is 23.1 Å². The standard InChI is InChI=1S/C31H26ClN5O3/c1-19-14-22-11-13-36(28(22)34-17-19)30(39)21-7-5-20(6-8-21)18-37-27(16-24-4-2-3-12-33-24)29(38)35-26-15-23(32)9-10-25(26)31(37)40/h2-10,12,14-15,17,27H,11,13,16,18H2,1H3,(H,35,38). The van der Waals surface area contributed by atoms with E-state index >= 15 is 0 Å². The lowest BCUT2D eigenvalue weighted by Gasteiger charge is -2.29. The molecule has 0 fully saturated rings. The molecule has 9 heteroatoms. The van der Waals surface area contributed by atoms with Gasteiger partial charge in [0, 0.05) is 48.2 Å². The number of aromatic nitrogens is 2. The molecule has 0 saturated heterocycles. The Hall–Kier alpha value is -4.56. The summed E-state index contributed by atoms with van der Waals surface area (Å²) in [7, 11) is 0. The predicted molar refractivity (Wildman–Crippen MR) is 152 cm³/mol. The highest BCUT2D eigenvalue weighted by atomic mass is 35.5. The van der Waals surface area contributed by atoms with Crippen LogP contribution in [0.2, 0.25) is 5.02 Å². The third kappa shape index (κ3) is 4.94. The Bertz CT molecular complexity index is 1620. The van der Waals surface area contributed by atoms with E-state index in [1.54, 1.807) is 58.6 Å². The fourth-order valence-electron chi connectivity index (χ4n) is 5.25. The van der Waals surface area contributed by atoms with Crippen LogP contribution in [0.3, 0.4) is 0 Å². The summed E-state index contributed by atoms with van der Waals surface area (Å²) in [6.07, 6.45) is 4.46. The summed E-state index contributed by atoms with van der Waals surface area (Å²) in [4.78, 5) is 52.6. The van der Waals surface area contributed by atoms with E-state index in [0.29, 0.717) is 39.9 Å². The molecule has 2 aliphatic rings. The molecular weight excluding hydrogens is 526 g/mol. The first-order chi connectivity index (χ1) is 19.4. The largest absolute Gasteiger partial charge is 0.323 e. The molecule has 0 aliphatic carbocycles. The van der Waals surface area contributed by atoms with Gasteiger partial charge in [0.1, 0.15) is 11.9 Å². The van der Waals surface area contributed by atoms with Crippen molar-refractivity contribution in [2.75, 3.05) is 16.8 Å². The molecule has 8 nitrogen and oxygen atoms in total. The van der Waals surface area contributed by atoms with E-state index < -0.39 is 6.04 Å². The van der Waals surface area contributed by atoms with Crippen LogP contribution in [0.5, 0.6) is 0 Å². The summed E-state index contributed by atoms with van der Waals surface area (Å²) in [5.74, 6) is -0.0221. The highest BCUT2D eigenvalue weighted by molar-refractivity contribution is 6.31. The molecule has 4 heterocycles. The number of halogens is 1. The maximum atomic E-state index is 13.8. The third-order valence-corrected chi connectivity index (χ3v) is 7.51. The summed E-state index contributed by atoms with van der Waals surface area (Å²) in [6.45, 7) is 2.75. The van der Waals surface area contributed by atoms with Crippen molar-refractivity contribution in [1.29, 1.82) is 0 Å². The molecule has 2 aromatic heterocycles. The number of carbonyl (C=O) groups excluding carboxylic acids is 3. The first kappa shape index (κ1) is 25.7. The monoisotopic (exact) mass is 551 g/mol. The van der Waals surface area contributed by atoms with Crippen LogP contribution < -0.4 is 10.2 Å². The van der Waals surface area contributed by atoms with Gasteiger partial charge in [-0.05, 0) is 72.5 Å². The Morgan fingerprint density at radius 3 is 2.65 bits per heavy atom. The van der Waals surface area contributed by atoms with E-state index in [1.165, 1.54) is 0 Å². The second-order valence-electron chi connectivity index (χ2n) is 10.1. The number of amides is 3. The quantitative estimate of drug-likeness (QED) is 0.383. The molecule has 1 unspecified atom stereocenters. The zero-order chi connectivity index (χ0) is 27.8. The van der Waals surface area contributed by atoms with Gasteiger partial charge < -0.3 is 10.2 Å². The molecular formula is C31H26ClN5O3. The number of nitrogens with one attached hydrogen (secondary N) is 1. The molecule has 1 atom stereocenters. The molecule has 0 spiro atoms. The average molecular weight is 552 g/mol. The van der Waals surface area contributed by atoms with Crippen molar-refractivity contribution in [3.05, 3.63) is 118 Å². The Kier molecular flexibility index (Phi) is 6.77. The van der Waals surface area contributed by atoms with Gasteiger partial charge in [-0.1, -0.05) is 35.9 Å². The van der Waals surface area contributed by atoms with Gasteiger partial charge >= 0.3 is 0 Å². The van der Waals surface area contributed by atoms with E-state index in [1.807, 2.05) is 31.2 Å². The fourth-order valence-corrected chi connectivity index (χ4v) is 5.42. The Balaban J connectivity index is 1.28. The number of pyridine rings is 2. The van der Waals surface area contributed by atoms with Gasteiger partial charge in [0.05, 0.1) is 11.3 Å². The van der Waals surface area contributed by atoms with Crippen LogP contribution in [0.15, 0.2) is 79.1 Å². The predicted octanol–water partition coefficient (Wildman–Crippen LogP) is 4.85. The zero-order valence-corrected chi connectivity index (χ0v) is 22.6. The minimum Gasteiger partial charge on any atom is -0.323 e. The van der Waals surface area contributed by atoms with Gasteiger partial charge in [0.25, 0.3) is 11.8 Å². The van der Waals surface area contributed by atoms with Gasteiger partial charge in [-0.15, -0.1) is 0 Å². The molecule has 2 aromatic carbocycles. The van der Waals surface area contributed by atoms with Crippen LogP contribution in [0.25, 0.3) is 0 Å². The van der Waals surface area contributed by atoms with E-state index in [4.69, 9.17) is 11.6 Å². The summed E-state index contributed by atoms with van der Waals surface area (Å²) in [5.41, 5.74) is 4.90. The molecule has 0 radical (unpaired) electrons. The highest BCUT2D eigenvalue weighted by Crippen LogP contribution is 2.30. The maximum Gasteiger partial charge on any atom is 0.259 e. The molecule has 0 saturated carbocycles. The molecule has 3 amide bonds. The first-order valence-corrected chi connectivity index (χ1v) is 13.4. The van der Waals surface area contributed by atoms with Gasteiger partial charge in [-0.25, -0.2) is 4.98 Å². The molecule has 40 heavy (non-hydrogen) atoms. The normalized spacial score (nSPS) is 16.3. The Morgan fingerprint density at radius 2 is 1.88 bits per heavy atom. The lowest BCUT2D eigenvalue weighted by Crippen LogP contribution is -2.46. The fraction of sp³-hybridized carbons (Fsp3) is 0.194. The lowest BCUT2D eigenvalue weighted by molar-refractivity contribution is -0.120. The minimum absolute atomic E-state index is 0.120. The number of hydrogen-bond acceptors (Lipinski definition) is 5. The van der Waals surface area contributed by atoms with Crippen LogP contribution >= 0.6 is 11.6 Å². The Morgan fingerprint density at radius 1 is 1.05 bits per heavy atom. The second-order valence-corrected chi connectivity index (χ2v) is 10.5. The smallest absolute Gasteiger partial charge is 0.259 e. The van der Waals surface area contributed by atoms with Crippen molar-refractivity contribution < 1.29 is 14.4 Å². The first-order valence-electron chi connectivity index (χ1n) is 13.0. The van der Waals surface area contributed by atoms with Crippen molar-refractivity contribution in [2.24, 2.45) is 0 Å². The topological polar surface area (TPSA) is 95.5 Å². The third-order valence-electron chi connectivity index (χ3n) is 7.28. The van der Waals surface area contributed by atoms with Gasteiger partial charge in [-0.3, -0.25) is 24.3 Å². The molecule has 200 valence electrons. The molecule has 0 bridgehead atoms. The number of carbonyl (C=O) groups is 3. The SMILES string of the molecule is Cc1cnc2c(c1)CCN2C(=O)c1ccc(CN2C(=O)c3ccc(Cl)cc3NC(=O)C2Cc2ccccn2)cc1. The Labute approximate surface area is 236 Å². The number of nitrogens with zero attached hydrogens (tertiary/aromatic N) is 4. The van der Waals surface area contributed by atoms with E-state index in [2.05, 4.69) is 21.4 Å². The number of anilines is 2. The summed E-state index contributed by atoms with van der Waals surface area (Å²) in [6, 6.07) is 18.8. The van der Waals surface area contributed by atoms with Crippen LogP contribution in [0.1, 0.15) is 43.1 Å².